The van der Waals surface area contributed by atoms with Crippen LogP contribution in [0, 0.1) is 0 Å². The predicted octanol–water partition coefficient (Wildman–Crippen LogP) is 3.11. The van der Waals surface area contributed by atoms with Crippen LogP contribution in [0.3, 0.4) is 0 Å². The van der Waals surface area contributed by atoms with Gasteiger partial charge >= 0.3 is 0 Å². The Kier molecular flexibility index (Phi) is 6.21. The van der Waals surface area contributed by atoms with Crippen molar-refractivity contribution >= 4 is 29.0 Å². The minimum absolute atomic E-state index is 0.360. The van der Waals surface area contributed by atoms with Crippen LogP contribution in [0.1, 0.15) is 30.6 Å². The van der Waals surface area contributed by atoms with Gasteiger partial charge in [-0.2, -0.15) is 11.8 Å². The van der Waals surface area contributed by atoms with Gasteiger partial charge in [0.15, 0.2) is 0 Å². The number of carbonyl (C=O) groups excluding carboxylic acids is 1. The van der Waals surface area contributed by atoms with Gasteiger partial charge < -0.3 is 4.90 Å². The summed E-state index contributed by atoms with van der Waals surface area (Å²) in [4.78, 5) is 18.5. The summed E-state index contributed by atoms with van der Waals surface area (Å²) in [6, 6.07) is 5.02. The maximum absolute atomic E-state index is 12.4. The molecule has 1 aromatic heterocycles. The molecule has 0 saturated carbocycles. The second-order valence-corrected chi connectivity index (χ2v) is 8.40. The fourth-order valence-electron chi connectivity index (χ4n) is 3.39. The number of hydrogen-bond donors (Lipinski definition) is 0. The van der Waals surface area contributed by atoms with Gasteiger partial charge in [0, 0.05) is 49.3 Å². The van der Waals surface area contributed by atoms with Gasteiger partial charge in [-0.3, -0.25) is 9.69 Å². The van der Waals surface area contributed by atoms with Crippen LogP contribution in [0.4, 0.5) is 0 Å². The summed E-state index contributed by atoms with van der Waals surface area (Å²) >= 11 is 3.87. The van der Waals surface area contributed by atoms with E-state index < -0.39 is 0 Å². The second kappa shape index (κ2) is 8.37. The van der Waals surface area contributed by atoms with Crippen LogP contribution >= 0.6 is 23.1 Å². The first-order chi connectivity index (χ1) is 10.8. The minimum Gasteiger partial charge on any atom is -0.341 e. The van der Waals surface area contributed by atoms with Crippen molar-refractivity contribution < 1.29 is 4.79 Å². The molecule has 122 valence electrons. The van der Waals surface area contributed by atoms with Crippen molar-refractivity contribution in [1.82, 2.24) is 9.80 Å². The standard InChI is InChI=1S/C17H26N2OS2/c20-17(6-1-4-16-5-2-12-22-16)19-9-3-8-18(10-11-19)15-7-13-21-14-15/h2,5,12,15H,1,3-4,6-11,13-14H2. The molecular formula is C17H26N2OS2. The van der Waals surface area contributed by atoms with Crippen molar-refractivity contribution in [2.45, 2.75) is 38.1 Å². The lowest BCUT2D eigenvalue weighted by molar-refractivity contribution is -0.131. The number of carbonyl (C=O) groups is 1. The highest BCUT2D eigenvalue weighted by molar-refractivity contribution is 7.99. The summed E-state index contributed by atoms with van der Waals surface area (Å²) in [6.07, 6.45) is 5.20. The lowest BCUT2D eigenvalue weighted by atomic mass is 10.2. The van der Waals surface area contributed by atoms with Gasteiger partial charge in [0.05, 0.1) is 0 Å². The topological polar surface area (TPSA) is 23.6 Å². The molecule has 2 fully saturated rings. The van der Waals surface area contributed by atoms with Crippen LogP contribution < -0.4 is 0 Å². The Labute approximate surface area is 142 Å². The molecule has 1 atom stereocenters. The highest BCUT2D eigenvalue weighted by atomic mass is 32.2. The molecule has 2 aliphatic rings. The number of amides is 1. The largest absolute Gasteiger partial charge is 0.341 e. The fraction of sp³-hybridized carbons (Fsp3) is 0.706. The minimum atomic E-state index is 0.360. The molecule has 0 aromatic carbocycles. The molecule has 0 spiro atoms. The van der Waals surface area contributed by atoms with E-state index in [0.717, 1.165) is 44.9 Å². The third-order valence-corrected chi connectivity index (χ3v) is 6.78. The predicted molar refractivity (Wildman–Crippen MR) is 95.8 cm³/mol. The van der Waals surface area contributed by atoms with E-state index in [9.17, 15) is 4.79 Å². The van der Waals surface area contributed by atoms with Gasteiger partial charge in [-0.15, -0.1) is 11.3 Å². The lowest BCUT2D eigenvalue weighted by Crippen LogP contribution is -2.39. The van der Waals surface area contributed by atoms with Crippen molar-refractivity contribution in [3.8, 4) is 0 Å². The zero-order valence-corrected chi connectivity index (χ0v) is 14.8. The zero-order chi connectivity index (χ0) is 15.2. The Balaban J connectivity index is 1.40. The maximum Gasteiger partial charge on any atom is 0.222 e. The van der Waals surface area contributed by atoms with Crippen molar-refractivity contribution in [3.63, 3.8) is 0 Å². The van der Waals surface area contributed by atoms with Gasteiger partial charge in [0.25, 0.3) is 0 Å². The van der Waals surface area contributed by atoms with Crippen LogP contribution in [0.5, 0.6) is 0 Å². The average molecular weight is 339 g/mol. The Hall–Kier alpha value is -0.520. The van der Waals surface area contributed by atoms with Crippen LogP contribution in [0.15, 0.2) is 17.5 Å². The highest BCUT2D eigenvalue weighted by Crippen LogP contribution is 2.23. The number of aryl methyl sites for hydroxylation is 1. The zero-order valence-electron chi connectivity index (χ0n) is 13.2. The Morgan fingerprint density at radius 1 is 1.27 bits per heavy atom. The molecule has 1 unspecified atom stereocenters. The second-order valence-electron chi connectivity index (χ2n) is 6.22. The molecule has 2 aliphatic heterocycles. The molecule has 1 amide bonds. The molecular weight excluding hydrogens is 312 g/mol. The van der Waals surface area contributed by atoms with Crippen LogP contribution in [-0.4, -0.2) is 59.4 Å². The Bertz CT molecular complexity index is 457. The van der Waals surface area contributed by atoms with Crippen LogP contribution in [0.2, 0.25) is 0 Å². The van der Waals surface area contributed by atoms with Crippen molar-refractivity contribution in [1.29, 1.82) is 0 Å². The first-order valence-electron chi connectivity index (χ1n) is 8.45. The summed E-state index contributed by atoms with van der Waals surface area (Å²) in [5, 5.41) is 2.11. The molecule has 1 aromatic rings. The third kappa shape index (κ3) is 4.49. The van der Waals surface area contributed by atoms with Gasteiger partial charge in [-0.05, 0) is 42.9 Å². The number of nitrogens with zero attached hydrogens (tertiary/aromatic N) is 2. The van der Waals surface area contributed by atoms with Crippen molar-refractivity contribution in [2.24, 2.45) is 0 Å². The highest BCUT2D eigenvalue weighted by Gasteiger charge is 2.26. The van der Waals surface area contributed by atoms with E-state index in [1.807, 2.05) is 0 Å². The molecule has 0 bridgehead atoms. The van der Waals surface area contributed by atoms with Gasteiger partial charge in [0.2, 0.25) is 5.91 Å². The lowest BCUT2D eigenvalue weighted by Gasteiger charge is -2.26. The molecule has 2 saturated heterocycles. The summed E-state index contributed by atoms with van der Waals surface area (Å²) in [6.45, 7) is 4.12. The molecule has 0 radical (unpaired) electrons. The van der Waals surface area contributed by atoms with Crippen molar-refractivity contribution in [3.05, 3.63) is 22.4 Å². The van der Waals surface area contributed by atoms with E-state index in [1.165, 1.54) is 29.3 Å². The van der Waals surface area contributed by atoms with Crippen LogP contribution in [-0.2, 0) is 11.2 Å². The Morgan fingerprint density at radius 2 is 2.23 bits per heavy atom. The summed E-state index contributed by atoms with van der Waals surface area (Å²) in [5.41, 5.74) is 0. The normalized spacial score (nSPS) is 23.6. The molecule has 0 N–H and O–H groups in total. The first kappa shape index (κ1) is 16.3. The van der Waals surface area contributed by atoms with Crippen LogP contribution in [0.25, 0.3) is 0 Å². The molecule has 5 heteroatoms. The Morgan fingerprint density at radius 3 is 3.00 bits per heavy atom. The van der Waals surface area contributed by atoms with Gasteiger partial charge in [-0.25, -0.2) is 0 Å². The molecule has 22 heavy (non-hydrogen) atoms. The molecule has 0 aliphatic carbocycles. The third-order valence-electron chi connectivity index (χ3n) is 4.70. The van der Waals surface area contributed by atoms with E-state index in [4.69, 9.17) is 0 Å². The number of hydrogen-bond acceptors (Lipinski definition) is 4. The average Bonchev–Trinajstić information content (AvgIpc) is 3.18. The number of thioether (sulfide) groups is 1. The first-order valence-corrected chi connectivity index (χ1v) is 10.5. The quantitative estimate of drug-likeness (QED) is 0.824. The van der Waals surface area contributed by atoms with E-state index in [2.05, 4.69) is 39.1 Å². The van der Waals surface area contributed by atoms with Gasteiger partial charge in [0.1, 0.15) is 0 Å². The molecule has 3 nitrogen and oxygen atoms in total. The number of rotatable bonds is 5. The van der Waals surface area contributed by atoms with E-state index in [-0.39, 0.29) is 0 Å². The monoisotopic (exact) mass is 338 g/mol. The van der Waals surface area contributed by atoms with Gasteiger partial charge in [-0.1, -0.05) is 6.07 Å². The van der Waals surface area contributed by atoms with E-state index >= 15 is 0 Å². The number of thiophene rings is 1. The van der Waals surface area contributed by atoms with Crippen molar-refractivity contribution in [2.75, 3.05) is 37.7 Å². The summed E-state index contributed by atoms with van der Waals surface area (Å²) in [5.74, 6) is 2.96. The fourth-order valence-corrected chi connectivity index (χ4v) is 5.40. The molecule has 3 heterocycles. The summed E-state index contributed by atoms with van der Waals surface area (Å²) < 4.78 is 0. The molecule has 3 rings (SSSR count). The maximum atomic E-state index is 12.4. The summed E-state index contributed by atoms with van der Waals surface area (Å²) in [7, 11) is 0. The smallest absolute Gasteiger partial charge is 0.222 e. The van der Waals surface area contributed by atoms with E-state index in [0.29, 0.717) is 12.3 Å². The van der Waals surface area contributed by atoms with E-state index in [1.54, 1.807) is 11.3 Å². The SMILES string of the molecule is O=C(CCCc1cccs1)N1CCCN(C2CCSC2)CC1.